The molecule has 34 heavy (non-hydrogen) atoms. The van der Waals surface area contributed by atoms with Crippen LogP contribution in [-0.4, -0.2) is 34.7 Å². The number of amides is 3. The fraction of sp³-hybridized carbons (Fsp3) is 0.444. The summed E-state index contributed by atoms with van der Waals surface area (Å²) in [7, 11) is 0. The van der Waals surface area contributed by atoms with Crippen LogP contribution >= 0.6 is 11.6 Å². The molecule has 2 N–H and O–H groups in total. The molecular formula is C27H28ClN3O3. The summed E-state index contributed by atoms with van der Waals surface area (Å²) < 4.78 is 0. The summed E-state index contributed by atoms with van der Waals surface area (Å²) in [5.41, 5.74) is 1.08. The van der Waals surface area contributed by atoms with Crippen LogP contribution in [0.3, 0.4) is 0 Å². The molecule has 2 aromatic carbocycles. The Kier molecular flexibility index (Phi) is 5.26. The van der Waals surface area contributed by atoms with Gasteiger partial charge in [0.25, 0.3) is 0 Å². The maximum atomic E-state index is 14.1. The lowest BCUT2D eigenvalue weighted by Gasteiger charge is -2.32. The molecule has 7 heteroatoms. The van der Waals surface area contributed by atoms with Crippen molar-refractivity contribution in [1.29, 1.82) is 0 Å². The number of hydrogen-bond donors (Lipinski definition) is 2. The highest BCUT2D eigenvalue weighted by molar-refractivity contribution is 6.31. The highest BCUT2D eigenvalue weighted by atomic mass is 35.5. The van der Waals surface area contributed by atoms with E-state index >= 15 is 0 Å². The number of imide groups is 1. The first kappa shape index (κ1) is 21.8. The highest BCUT2D eigenvalue weighted by Gasteiger charge is 2.70. The summed E-state index contributed by atoms with van der Waals surface area (Å²) in [5, 5.41) is 6.96. The van der Waals surface area contributed by atoms with Crippen molar-refractivity contribution in [3.05, 3.63) is 64.7 Å². The van der Waals surface area contributed by atoms with Gasteiger partial charge in [-0.25, -0.2) is 0 Å². The van der Waals surface area contributed by atoms with Crippen LogP contribution in [0.4, 0.5) is 5.69 Å². The Labute approximate surface area is 204 Å². The van der Waals surface area contributed by atoms with E-state index in [9.17, 15) is 14.4 Å². The van der Waals surface area contributed by atoms with Crippen LogP contribution in [-0.2, 0) is 26.3 Å². The molecule has 4 atom stereocenters. The van der Waals surface area contributed by atoms with E-state index in [-0.39, 0.29) is 29.8 Å². The van der Waals surface area contributed by atoms with Crippen molar-refractivity contribution in [1.82, 2.24) is 10.2 Å². The van der Waals surface area contributed by atoms with Gasteiger partial charge in [0.15, 0.2) is 0 Å². The Morgan fingerprint density at radius 3 is 2.41 bits per heavy atom. The predicted octanol–water partition coefficient (Wildman–Crippen LogP) is 4.03. The molecule has 0 aromatic heterocycles. The van der Waals surface area contributed by atoms with Crippen LogP contribution in [0.15, 0.2) is 48.5 Å². The Balaban J connectivity index is 1.46. The number of carbonyl (C=O) groups excluding carboxylic acids is 3. The number of benzene rings is 2. The number of anilines is 1. The number of likely N-dealkylation sites (tertiary alicyclic amines) is 1. The molecule has 3 aliphatic heterocycles. The Hall–Kier alpha value is -2.70. The second kappa shape index (κ2) is 8.21. The molecule has 176 valence electrons. The van der Waals surface area contributed by atoms with Crippen molar-refractivity contribution in [2.24, 2.45) is 11.8 Å². The monoisotopic (exact) mass is 477 g/mol. The van der Waals surface area contributed by atoms with Gasteiger partial charge >= 0.3 is 0 Å². The van der Waals surface area contributed by atoms with E-state index in [1.54, 1.807) is 18.2 Å². The van der Waals surface area contributed by atoms with Gasteiger partial charge in [-0.1, -0.05) is 67.6 Å². The molecule has 1 aliphatic carbocycles. The summed E-state index contributed by atoms with van der Waals surface area (Å²) in [6.45, 7) is 0. The smallest absolute Gasteiger partial charge is 0.250 e. The second-order valence-electron chi connectivity index (χ2n) is 10.1. The number of fused-ring (bicyclic) bond motifs is 4. The molecule has 3 amide bonds. The van der Waals surface area contributed by atoms with Crippen LogP contribution in [0.5, 0.6) is 0 Å². The van der Waals surface area contributed by atoms with Crippen LogP contribution in [0.2, 0.25) is 5.02 Å². The molecular weight excluding hydrogens is 450 g/mol. The molecule has 4 aliphatic rings. The minimum atomic E-state index is -1.30. The number of hydrogen-bond acceptors (Lipinski definition) is 4. The molecule has 0 unspecified atom stereocenters. The molecule has 6 nitrogen and oxygen atoms in total. The molecule has 1 saturated carbocycles. The van der Waals surface area contributed by atoms with Gasteiger partial charge in [0, 0.05) is 28.4 Å². The maximum absolute atomic E-state index is 14.1. The fourth-order valence-electron chi connectivity index (χ4n) is 6.72. The highest BCUT2D eigenvalue weighted by Crippen LogP contribution is 2.54. The first-order valence-corrected chi connectivity index (χ1v) is 12.7. The van der Waals surface area contributed by atoms with Gasteiger partial charge < -0.3 is 5.32 Å². The topological polar surface area (TPSA) is 78.5 Å². The van der Waals surface area contributed by atoms with Gasteiger partial charge in [-0.2, -0.15) is 0 Å². The summed E-state index contributed by atoms with van der Waals surface area (Å²) in [5.74, 6) is -1.99. The van der Waals surface area contributed by atoms with E-state index in [2.05, 4.69) is 10.6 Å². The van der Waals surface area contributed by atoms with E-state index in [0.29, 0.717) is 22.7 Å². The van der Waals surface area contributed by atoms with Crippen LogP contribution < -0.4 is 10.6 Å². The maximum Gasteiger partial charge on any atom is 0.250 e. The van der Waals surface area contributed by atoms with Crippen molar-refractivity contribution in [2.45, 2.75) is 62.6 Å². The summed E-state index contributed by atoms with van der Waals surface area (Å²) in [6, 6.07) is 14.8. The van der Waals surface area contributed by atoms with Crippen LogP contribution in [0, 0.1) is 11.8 Å². The zero-order valence-electron chi connectivity index (χ0n) is 18.9. The first-order chi connectivity index (χ1) is 16.5. The summed E-state index contributed by atoms with van der Waals surface area (Å²) in [4.78, 5) is 43.1. The summed E-state index contributed by atoms with van der Waals surface area (Å²) in [6.07, 6.45) is 6.56. The first-order valence-electron chi connectivity index (χ1n) is 12.3. The Morgan fingerprint density at radius 2 is 1.68 bits per heavy atom. The second-order valence-corrected chi connectivity index (χ2v) is 10.5. The average molecular weight is 478 g/mol. The van der Waals surface area contributed by atoms with Gasteiger partial charge in [-0.15, -0.1) is 0 Å². The quantitative estimate of drug-likeness (QED) is 0.517. The lowest BCUT2D eigenvalue weighted by molar-refractivity contribution is -0.145. The van der Waals surface area contributed by atoms with Gasteiger partial charge in [0.2, 0.25) is 17.7 Å². The number of nitrogens with one attached hydrogen (secondary N) is 2. The van der Waals surface area contributed by atoms with Crippen molar-refractivity contribution in [2.75, 3.05) is 5.32 Å². The normalized spacial score (nSPS) is 31.0. The van der Waals surface area contributed by atoms with Gasteiger partial charge in [-0.05, 0) is 43.0 Å². The van der Waals surface area contributed by atoms with Crippen LogP contribution in [0.1, 0.15) is 49.7 Å². The lowest BCUT2D eigenvalue weighted by atomic mass is 9.76. The number of carbonyl (C=O) groups is 3. The largest absolute Gasteiger partial charge is 0.324 e. The fourth-order valence-corrected chi connectivity index (χ4v) is 6.89. The predicted molar refractivity (Wildman–Crippen MR) is 129 cm³/mol. The third kappa shape index (κ3) is 3.15. The SMILES string of the molecule is O=C1[C@@H]2[C@H](Cc3ccccc3)N[C@]3(C(=O)Nc4ccc(Cl)cc43)[C@@H]2C(=O)N1C1CCCCCC1. The number of nitrogens with zero attached hydrogens (tertiary/aromatic N) is 1. The molecule has 6 rings (SSSR count). The lowest BCUT2D eigenvalue weighted by Crippen LogP contribution is -2.54. The van der Waals surface area contributed by atoms with Crippen molar-refractivity contribution >= 4 is 35.0 Å². The van der Waals surface area contributed by atoms with Gasteiger partial charge in [-0.3, -0.25) is 24.6 Å². The molecule has 3 heterocycles. The third-order valence-corrected chi connectivity index (χ3v) is 8.43. The van der Waals surface area contributed by atoms with E-state index in [1.165, 1.54) is 4.90 Å². The van der Waals surface area contributed by atoms with Crippen molar-refractivity contribution in [3.8, 4) is 0 Å². The average Bonchev–Trinajstić information content (AvgIpc) is 3.28. The van der Waals surface area contributed by atoms with Crippen molar-refractivity contribution in [3.63, 3.8) is 0 Å². The molecule has 0 bridgehead atoms. The zero-order chi connectivity index (χ0) is 23.4. The minimum absolute atomic E-state index is 0.0779. The van der Waals surface area contributed by atoms with E-state index < -0.39 is 17.4 Å². The van der Waals surface area contributed by atoms with Gasteiger partial charge in [0.1, 0.15) is 5.54 Å². The molecule has 0 radical (unpaired) electrons. The van der Waals surface area contributed by atoms with E-state index in [0.717, 1.165) is 44.1 Å². The van der Waals surface area contributed by atoms with Gasteiger partial charge in [0.05, 0.1) is 11.8 Å². The molecule has 2 aromatic rings. The molecule has 1 spiro atoms. The van der Waals surface area contributed by atoms with Crippen LogP contribution in [0.25, 0.3) is 0 Å². The standard InChI is InChI=1S/C27H28ClN3O3/c28-17-12-13-20-19(15-17)27(26(34)29-20)23-22(21(30-27)14-16-8-4-3-5-9-16)24(32)31(25(23)33)18-10-6-1-2-7-11-18/h3-5,8-9,12-13,15,18,21-23,30H,1-2,6-7,10-11,14H2,(H,29,34)/t21-,22+,23-,27-/m0/s1. The number of halogens is 1. The summed E-state index contributed by atoms with van der Waals surface area (Å²) >= 11 is 6.35. The molecule has 3 fully saturated rings. The van der Waals surface area contributed by atoms with E-state index in [1.807, 2.05) is 30.3 Å². The van der Waals surface area contributed by atoms with E-state index in [4.69, 9.17) is 11.6 Å². The Morgan fingerprint density at radius 1 is 0.941 bits per heavy atom. The zero-order valence-corrected chi connectivity index (χ0v) is 19.7. The minimum Gasteiger partial charge on any atom is -0.324 e. The van der Waals surface area contributed by atoms with Crippen molar-refractivity contribution < 1.29 is 14.4 Å². The number of rotatable bonds is 3. The Bertz CT molecular complexity index is 1160. The molecule has 2 saturated heterocycles. The third-order valence-electron chi connectivity index (χ3n) is 8.20.